The van der Waals surface area contributed by atoms with Crippen molar-refractivity contribution >= 4 is 17.8 Å². The van der Waals surface area contributed by atoms with Gasteiger partial charge < -0.3 is 20.4 Å². The lowest BCUT2D eigenvalue weighted by Gasteiger charge is -2.39. The van der Waals surface area contributed by atoms with E-state index in [0.29, 0.717) is 6.04 Å². The molecule has 1 aliphatic carbocycles. The van der Waals surface area contributed by atoms with Crippen molar-refractivity contribution < 1.29 is 9.59 Å². The van der Waals surface area contributed by atoms with Gasteiger partial charge in [0, 0.05) is 52.4 Å². The number of rotatable bonds is 5. The first kappa shape index (κ1) is 18.9. The number of guanidine groups is 1. The maximum Gasteiger partial charge on any atom is 0.239 e. The average molecular weight is 364 g/mol. The van der Waals surface area contributed by atoms with Crippen LogP contribution in [0.4, 0.5) is 0 Å². The van der Waals surface area contributed by atoms with E-state index in [9.17, 15) is 9.59 Å². The van der Waals surface area contributed by atoms with Crippen molar-refractivity contribution in [2.45, 2.75) is 44.7 Å². The third-order valence-electron chi connectivity index (χ3n) is 5.50. The highest BCUT2D eigenvalue weighted by Crippen LogP contribution is 2.18. The zero-order chi connectivity index (χ0) is 18.5. The third-order valence-corrected chi connectivity index (χ3v) is 5.50. The Morgan fingerprint density at radius 1 is 1.04 bits per heavy atom. The second kappa shape index (κ2) is 8.70. The van der Waals surface area contributed by atoms with Crippen LogP contribution >= 0.6 is 0 Å². The third kappa shape index (κ3) is 4.87. The normalized spacial score (nSPS) is 23.1. The molecule has 3 aliphatic rings. The lowest BCUT2D eigenvalue weighted by atomic mass is 10.2. The minimum atomic E-state index is -0.0606. The summed E-state index contributed by atoms with van der Waals surface area (Å²) in [7, 11) is 1.74. The molecular weight excluding hydrogens is 332 g/mol. The van der Waals surface area contributed by atoms with Crippen LogP contribution in [0.1, 0.15) is 32.6 Å². The van der Waals surface area contributed by atoms with Crippen molar-refractivity contribution in [3.8, 4) is 0 Å². The van der Waals surface area contributed by atoms with Gasteiger partial charge in [0.15, 0.2) is 5.96 Å². The molecule has 8 heteroatoms. The van der Waals surface area contributed by atoms with Gasteiger partial charge >= 0.3 is 0 Å². The minimum absolute atomic E-state index is 0.0251. The van der Waals surface area contributed by atoms with Crippen molar-refractivity contribution in [3.05, 3.63) is 0 Å². The molecule has 8 nitrogen and oxygen atoms in total. The average Bonchev–Trinajstić information content (AvgIpc) is 3.30. The Balaban J connectivity index is 1.42. The van der Waals surface area contributed by atoms with Gasteiger partial charge in [0.05, 0.1) is 12.6 Å². The van der Waals surface area contributed by atoms with Gasteiger partial charge in [-0.05, 0) is 32.6 Å². The molecule has 3 fully saturated rings. The van der Waals surface area contributed by atoms with Crippen molar-refractivity contribution in [2.24, 2.45) is 4.99 Å². The van der Waals surface area contributed by atoms with E-state index in [1.54, 1.807) is 7.05 Å². The summed E-state index contributed by atoms with van der Waals surface area (Å²) in [6.07, 6.45) is 4.44. The number of hydrogen-bond donors (Lipinski definition) is 2. The predicted molar refractivity (Wildman–Crippen MR) is 101 cm³/mol. The minimum Gasteiger partial charge on any atom is -0.352 e. The Labute approximate surface area is 156 Å². The number of likely N-dealkylation sites (tertiary alicyclic amines) is 1. The van der Waals surface area contributed by atoms with Crippen LogP contribution < -0.4 is 10.6 Å². The number of amides is 2. The van der Waals surface area contributed by atoms with E-state index in [1.165, 1.54) is 0 Å². The molecule has 1 atom stereocenters. The van der Waals surface area contributed by atoms with Crippen molar-refractivity contribution in [1.82, 2.24) is 25.3 Å². The number of carbonyl (C=O) groups excluding carboxylic acids is 2. The van der Waals surface area contributed by atoms with Gasteiger partial charge in [-0.1, -0.05) is 0 Å². The van der Waals surface area contributed by atoms with E-state index < -0.39 is 0 Å². The molecule has 0 aromatic heterocycles. The second-order valence-electron chi connectivity index (χ2n) is 7.47. The molecule has 26 heavy (non-hydrogen) atoms. The van der Waals surface area contributed by atoms with Crippen LogP contribution in [0.15, 0.2) is 4.99 Å². The van der Waals surface area contributed by atoms with E-state index in [4.69, 9.17) is 0 Å². The molecule has 0 spiro atoms. The van der Waals surface area contributed by atoms with E-state index in [0.717, 1.165) is 70.9 Å². The van der Waals surface area contributed by atoms with E-state index in [-0.39, 0.29) is 24.4 Å². The summed E-state index contributed by atoms with van der Waals surface area (Å²) in [6.45, 7) is 7.36. The lowest BCUT2D eigenvalue weighted by molar-refractivity contribution is -0.135. The van der Waals surface area contributed by atoms with Crippen LogP contribution in [0.2, 0.25) is 0 Å². The highest BCUT2D eigenvalue weighted by atomic mass is 16.2. The molecule has 3 rings (SSSR count). The molecule has 2 aliphatic heterocycles. The topological polar surface area (TPSA) is 80.3 Å². The number of aliphatic imine (C=N–C) groups is 1. The van der Waals surface area contributed by atoms with Crippen molar-refractivity contribution in [2.75, 3.05) is 52.9 Å². The number of nitrogens with one attached hydrogen (secondary N) is 2. The summed E-state index contributed by atoms with van der Waals surface area (Å²) in [4.78, 5) is 35.1. The van der Waals surface area contributed by atoms with E-state index >= 15 is 0 Å². The summed E-state index contributed by atoms with van der Waals surface area (Å²) < 4.78 is 0. The molecule has 1 unspecified atom stereocenters. The maximum absolute atomic E-state index is 12.6. The number of hydrogen-bond acceptors (Lipinski definition) is 4. The van der Waals surface area contributed by atoms with Crippen molar-refractivity contribution in [1.29, 1.82) is 0 Å². The summed E-state index contributed by atoms with van der Waals surface area (Å²) >= 11 is 0. The molecule has 146 valence electrons. The maximum atomic E-state index is 12.6. The Hall–Kier alpha value is -1.83. The first-order chi connectivity index (χ1) is 12.6. The Bertz CT molecular complexity index is 534. The second-order valence-corrected chi connectivity index (χ2v) is 7.47. The van der Waals surface area contributed by atoms with E-state index in [1.807, 2.05) is 11.8 Å². The fourth-order valence-corrected chi connectivity index (χ4v) is 3.68. The molecule has 0 aromatic rings. The fourth-order valence-electron chi connectivity index (χ4n) is 3.68. The van der Waals surface area contributed by atoms with Gasteiger partial charge in [-0.2, -0.15) is 0 Å². The first-order valence-electron chi connectivity index (χ1n) is 9.86. The zero-order valence-corrected chi connectivity index (χ0v) is 16.0. The Kier molecular flexibility index (Phi) is 6.34. The molecule has 2 N–H and O–H groups in total. The number of carbonyl (C=O) groups is 2. The molecule has 0 aromatic carbocycles. The number of nitrogens with zero attached hydrogens (tertiary/aromatic N) is 4. The quantitative estimate of drug-likeness (QED) is 0.506. The lowest BCUT2D eigenvalue weighted by Crippen LogP contribution is -2.57. The van der Waals surface area contributed by atoms with Gasteiger partial charge in [-0.15, -0.1) is 0 Å². The number of piperazine rings is 1. The van der Waals surface area contributed by atoms with Crippen LogP contribution in [0.3, 0.4) is 0 Å². The van der Waals surface area contributed by atoms with Gasteiger partial charge in [-0.3, -0.25) is 19.5 Å². The summed E-state index contributed by atoms with van der Waals surface area (Å²) in [6, 6.07) is 0.319. The van der Waals surface area contributed by atoms with Crippen molar-refractivity contribution in [3.63, 3.8) is 0 Å². The standard InChI is InChI=1S/C18H32N6O2/c1-14(17(26)23-7-3-4-8-23)22-9-11-24(12-10-22)18(19-2)20-13-16(25)21-15-5-6-15/h14-15H,3-13H2,1-2H3,(H,19,20)(H,21,25). The zero-order valence-electron chi connectivity index (χ0n) is 16.0. The molecule has 0 radical (unpaired) electrons. The molecule has 2 saturated heterocycles. The van der Waals surface area contributed by atoms with Crippen LogP contribution in [-0.4, -0.2) is 97.4 Å². The highest BCUT2D eigenvalue weighted by Gasteiger charge is 2.30. The Morgan fingerprint density at radius 3 is 2.27 bits per heavy atom. The fraction of sp³-hybridized carbons (Fsp3) is 0.833. The Morgan fingerprint density at radius 2 is 1.69 bits per heavy atom. The van der Waals surface area contributed by atoms with E-state index in [2.05, 4.69) is 25.4 Å². The molecule has 2 amide bonds. The first-order valence-corrected chi connectivity index (χ1v) is 9.86. The van der Waals surface area contributed by atoms with Gasteiger partial charge in [0.2, 0.25) is 11.8 Å². The molecule has 2 heterocycles. The van der Waals surface area contributed by atoms with Crippen LogP contribution in [-0.2, 0) is 9.59 Å². The smallest absolute Gasteiger partial charge is 0.239 e. The molecule has 1 saturated carbocycles. The summed E-state index contributed by atoms with van der Waals surface area (Å²) in [5.74, 6) is 1.04. The SMILES string of the molecule is CN=C(NCC(=O)NC1CC1)N1CCN(C(C)C(=O)N2CCCC2)CC1. The summed E-state index contributed by atoms with van der Waals surface area (Å²) in [5, 5.41) is 6.13. The van der Waals surface area contributed by atoms with Gasteiger partial charge in [-0.25, -0.2) is 0 Å². The molecular formula is C18H32N6O2. The summed E-state index contributed by atoms with van der Waals surface area (Å²) in [5.41, 5.74) is 0. The largest absolute Gasteiger partial charge is 0.352 e. The predicted octanol–water partition coefficient (Wildman–Crippen LogP) is -0.531. The van der Waals surface area contributed by atoms with Crippen LogP contribution in [0.25, 0.3) is 0 Å². The van der Waals surface area contributed by atoms with Crippen LogP contribution in [0, 0.1) is 0 Å². The van der Waals surface area contributed by atoms with Gasteiger partial charge in [0.25, 0.3) is 0 Å². The van der Waals surface area contributed by atoms with Crippen LogP contribution in [0.5, 0.6) is 0 Å². The monoisotopic (exact) mass is 364 g/mol. The highest BCUT2D eigenvalue weighted by molar-refractivity contribution is 5.86. The molecule has 0 bridgehead atoms. The van der Waals surface area contributed by atoms with Gasteiger partial charge in [0.1, 0.15) is 0 Å².